The van der Waals surface area contributed by atoms with Gasteiger partial charge in [0.25, 0.3) is 0 Å². The van der Waals surface area contributed by atoms with Gasteiger partial charge in [0.2, 0.25) is 0 Å². The number of rotatable bonds is 1. The van der Waals surface area contributed by atoms with E-state index < -0.39 is 0 Å². The zero-order chi connectivity index (χ0) is 11.7. The van der Waals surface area contributed by atoms with Crippen molar-refractivity contribution in [2.45, 2.75) is 52.0 Å². The van der Waals surface area contributed by atoms with E-state index in [4.69, 9.17) is 11.0 Å². The van der Waals surface area contributed by atoms with Crippen LogP contribution in [0.4, 0.5) is 5.82 Å². The average molecular weight is 217 g/mol. The van der Waals surface area contributed by atoms with Gasteiger partial charge in [0.15, 0.2) is 0 Å². The molecule has 3 nitrogen and oxygen atoms in total. The topological polar surface area (TPSA) is 54.7 Å². The number of nitrogen functional groups attached to an aromatic ring is 1. The predicted molar refractivity (Wildman–Crippen MR) is 65.2 cm³/mol. The summed E-state index contributed by atoms with van der Waals surface area (Å²) in [5.74, 6) is 0.671. The molecule has 2 rings (SSSR count). The van der Waals surface area contributed by atoms with Gasteiger partial charge in [0.1, 0.15) is 11.9 Å². The fraction of sp³-hybridized carbons (Fsp3) is 0.615. The summed E-state index contributed by atoms with van der Waals surface area (Å²) in [6, 6.07) is 2.73. The standard InChI is InChI=1S/C13H19N3/c1-9-10(2)16(13(15)12(9)8-14)11-6-4-3-5-7-11/h11H,3-7,15H2,1-2H3. The Morgan fingerprint density at radius 2 is 1.88 bits per heavy atom. The fourth-order valence-electron chi connectivity index (χ4n) is 2.81. The van der Waals surface area contributed by atoms with E-state index in [1.54, 1.807) is 0 Å². The number of nitriles is 1. The summed E-state index contributed by atoms with van der Waals surface area (Å²) in [5, 5.41) is 9.09. The Labute approximate surface area is 96.9 Å². The molecule has 0 amide bonds. The summed E-state index contributed by atoms with van der Waals surface area (Å²) in [5.41, 5.74) is 8.97. The molecular weight excluding hydrogens is 198 g/mol. The van der Waals surface area contributed by atoms with Gasteiger partial charge in [-0.1, -0.05) is 19.3 Å². The Morgan fingerprint density at radius 3 is 2.38 bits per heavy atom. The molecule has 0 unspecified atom stereocenters. The minimum atomic E-state index is 0.509. The minimum absolute atomic E-state index is 0.509. The predicted octanol–water partition coefficient (Wildman–Crippen LogP) is 3.06. The van der Waals surface area contributed by atoms with Crippen LogP contribution in [0, 0.1) is 25.2 Å². The molecule has 1 heterocycles. The lowest BCUT2D eigenvalue weighted by Gasteiger charge is -2.26. The number of nitrogens with two attached hydrogens (primary N) is 1. The van der Waals surface area contributed by atoms with Crippen LogP contribution in [0.1, 0.15) is 55.0 Å². The average Bonchev–Trinajstić information content (AvgIpc) is 2.51. The first-order chi connectivity index (χ1) is 7.66. The largest absolute Gasteiger partial charge is 0.384 e. The Balaban J connectivity index is 2.44. The highest BCUT2D eigenvalue weighted by atomic mass is 15.1. The lowest BCUT2D eigenvalue weighted by atomic mass is 9.95. The third-order valence-electron chi connectivity index (χ3n) is 3.85. The first-order valence-electron chi connectivity index (χ1n) is 6.03. The van der Waals surface area contributed by atoms with Crippen molar-refractivity contribution in [3.05, 3.63) is 16.8 Å². The molecule has 0 saturated heterocycles. The molecule has 3 heteroatoms. The molecule has 16 heavy (non-hydrogen) atoms. The second-order valence-corrected chi connectivity index (χ2v) is 4.74. The lowest BCUT2D eigenvalue weighted by Crippen LogP contribution is -2.16. The van der Waals surface area contributed by atoms with Gasteiger partial charge < -0.3 is 10.3 Å². The van der Waals surface area contributed by atoms with E-state index in [-0.39, 0.29) is 0 Å². The third-order valence-corrected chi connectivity index (χ3v) is 3.85. The lowest BCUT2D eigenvalue weighted by molar-refractivity contribution is 0.353. The Morgan fingerprint density at radius 1 is 1.25 bits per heavy atom. The van der Waals surface area contributed by atoms with Crippen LogP contribution in [-0.2, 0) is 0 Å². The van der Waals surface area contributed by atoms with E-state index in [0.29, 0.717) is 17.4 Å². The molecule has 1 saturated carbocycles. The van der Waals surface area contributed by atoms with E-state index in [1.165, 1.54) is 37.8 Å². The smallest absolute Gasteiger partial charge is 0.122 e. The van der Waals surface area contributed by atoms with E-state index in [0.717, 1.165) is 5.56 Å². The highest BCUT2D eigenvalue weighted by Crippen LogP contribution is 2.35. The van der Waals surface area contributed by atoms with Crippen molar-refractivity contribution in [2.24, 2.45) is 0 Å². The van der Waals surface area contributed by atoms with Gasteiger partial charge in [0.05, 0.1) is 5.56 Å². The molecule has 2 N–H and O–H groups in total. The van der Waals surface area contributed by atoms with Crippen LogP contribution in [0.2, 0.25) is 0 Å². The molecule has 86 valence electrons. The molecule has 1 aliphatic carbocycles. The van der Waals surface area contributed by atoms with Crippen molar-refractivity contribution in [3.63, 3.8) is 0 Å². The van der Waals surface area contributed by atoms with Crippen LogP contribution in [0.25, 0.3) is 0 Å². The van der Waals surface area contributed by atoms with Crippen molar-refractivity contribution in [1.82, 2.24) is 4.57 Å². The molecule has 0 bridgehead atoms. The van der Waals surface area contributed by atoms with Crippen LogP contribution in [-0.4, -0.2) is 4.57 Å². The zero-order valence-electron chi connectivity index (χ0n) is 10.1. The first-order valence-corrected chi connectivity index (χ1v) is 6.03. The fourth-order valence-corrected chi connectivity index (χ4v) is 2.81. The summed E-state index contributed by atoms with van der Waals surface area (Å²) in [6.45, 7) is 4.06. The van der Waals surface area contributed by atoms with Gasteiger partial charge in [-0.05, 0) is 32.3 Å². The van der Waals surface area contributed by atoms with Gasteiger partial charge in [0, 0.05) is 11.7 Å². The number of hydrogen-bond acceptors (Lipinski definition) is 2. The van der Waals surface area contributed by atoms with Gasteiger partial charge in [-0.15, -0.1) is 0 Å². The third kappa shape index (κ3) is 1.59. The maximum absolute atomic E-state index is 9.09. The summed E-state index contributed by atoms with van der Waals surface area (Å²) >= 11 is 0. The van der Waals surface area contributed by atoms with Crippen molar-refractivity contribution in [2.75, 3.05) is 5.73 Å². The van der Waals surface area contributed by atoms with Crippen LogP contribution in [0.15, 0.2) is 0 Å². The minimum Gasteiger partial charge on any atom is -0.384 e. The maximum atomic E-state index is 9.09. The second kappa shape index (κ2) is 4.21. The molecule has 0 radical (unpaired) electrons. The zero-order valence-corrected chi connectivity index (χ0v) is 10.1. The highest BCUT2D eigenvalue weighted by Gasteiger charge is 2.22. The molecular formula is C13H19N3. The number of aromatic nitrogens is 1. The van der Waals surface area contributed by atoms with Crippen LogP contribution < -0.4 is 5.73 Å². The molecule has 1 aromatic rings. The van der Waals surface area contributed by atoms with Crippen LogP contribution >= 0.6 is 0 Å². The first kappa shape index (κ1) is 11.1. The molecule has 0 aromatic carbocycles. The van der Waals surface area contributed by atoms with Gasteiger partial charge in [-0.3, -0.25) is 0 Å². The van der Waals surface area contributed by atoms with Gasteiger partial charge in [-0.2, -0.15) is 5.26 Å². The molecule has 1 fully saturated rings. The summed E-state index contributed by atoms with van der Waals surface area (Å²) in [4.78, 5) is 0. The van der Waals surface area contributed by atoms with E-state index in [2.05, 4.69) is 17.6 Å². The Hall–Kier alpha value is -1.43. The quantitative estimate of drug-likeness (QED) is 0.786. The van der Waals surface area contributed by atoms with Crippen LogP contribution in [0.3, 0.4) is 0 Å². The highest BCUT2D eigenvalue weighted by molar-refractivity contribution is 5.58. The summed E-state index contributed by atoms with van der Waals surface area (Å²) < 4.78 is 2.19. The van der Waals surface area contributed by atoms with Gasteiger partial charge >= 0.3 is 0 Å². The summed E-state index contributed by atoms with van der Waals surface area (Å²) in [6.07, 6.45) is 6.29. The van der Waals surface area contributed by atoms with E-state index >= 15 is 0 Å². The maximum Gasteiger partial charge on any atom is 0.122 e. The Kier molecular flexibility index (Phi) is 2.91. The van der Waals surface area contributed by atoms with Crippen molar-refractivity contribution in [3.8, 4) is 6.07 Å². The molecule has 1 aromatic heterocycles. The monoisotopic (exact) mass is 217 g/mol. The van der Waals surface area contributed by atoms with Crippen molar-refractivity contribution < 1.29 is 0 Å². The SMILES string of the molecule is Cc1c(C#N)c(N)n(C2CCCCC2)c1C. The summed E-state index contributed by atoms with van der Waals surface area (Å²) in [7, 11) is 0. The van der Waals surface area contributed by atoms with Gasteiger partial charge in [-0.25, -0.2) is 0 Å². The van der Waals surface area contributed by atoms with Crippen molar-refractivity contribution in [1.29, 1.82) is 5.26 Å². The number of hydrogen-bond donors (Lipinski definition) is 1. The van der Waals surface area contributed by atoms with E-state index in [1.807, 2.05) is 6.92 Å². The van der Waals surface area contributed by atoms with E-state index in [9.17, 15) is 0 Å². The van der Waals surface area contributed by atoms with Crippen LogP contribution in [0.5, 0.6) is 0 Å². The molecule has 0 atom stereocenters. The normalized spacial score (nSPS) is 17.3. The second-order valence-electron chi connectivity index (χ2n) is 4.74. The number of nitrogens with zero attached hydrogens (tertiary/aromatic N) is 2. The molecule has 0 aliphatic heterocycles. The molecule has 0 spiro atoms. The van der Waals surface area contributed by atoms with Crippen molar-refractivity contribution >= 4 is 5.82 Å². The Bertz CT molecular complexity index is 431. The number of anilines is 1. The molecule has 1 aliphatic rings.